The van der Waals surface area contributed by atoms with Crippen LogP contribution in [0.4, 0.5) is 0 Å². The second kappa shape index (κ2) is 6.33. The standard InChI is InChI=1S/C17H25NO/c1-4-16-11-10-14(3)18(16)12-13(2)17(19)15-8-6-5-7-9-15/h5-9,13-14,16H,4,10-12H2,1-3H3. The van der Waals surface area contributed by atoms with Gasteiger partial charge in [-0.15, -0.1) is 0 Å². The number of carbonyl (C=O) groups is 1. The first-order chi connectivity index (χ1) is 9.13. The van der Waals surface area contributed by atoms with E-state index in [1.54, 1.807) is 0 Å². The Kier molecular flexibility index (Phi) is 4.76. The summed E-state index contributed by atoms with van der Waals surface area (Å²) in [5.41, 5.74) is 0.842. The summed E-state index contributed by atoms with van der Waals surface area (Å²) < 4.78 is 0. The van der Waals surface area contributed by atoms with Gasteiger partial charge in [0.1, 0.15) is 0 Å². The zero-order valence-electron chi connectivity index (χ0n) is 12.3. The van der Waals surface area contributed by atoms with Crippen molar-refractivity contribution >= 4 is 5.78 Å². The van der Waals surface area contributed by atoms with E-state index >= 15 is 0 Å². The summed E-state index contributed by atoms with van der Waals surface area (Å²) in [6.07, 6.45) is 3.74. The molecule has 0 aliphatic carbocycles. The molecule has 2 heteroatoms. The minimum atomic E-state index is 0.0806. The third kappa shape index (κ3) is 3.24. The van der Waals surface area contributed by atoms with Gasteiger partial charge < -0.3 is 0 Å². The molecule has 0 saturated carbocycles. The van der Waals surface area contributed by atoms with Crippen molar-refractivity contribution in [2.75, 3.05) is 6.54 Å². The maximum atomic E-state index is 12.4. The molecule has 0 bridgehead atoms. The number of hydrogen-bond donors (Lipinski definition) is 0. The molecule has 3 unspecified atom stereocenters. The van der Waals surface area contributed by atoms with E-state index in [1.807, 2.05) is 30.3 Å². The summed E-state index contributed by atoms with van der Waals surface area (Å²) in [5, 5.41) is 0. The molecule has 0 spiro atoms. The molecule has 0 radical (unpaired) electrons. The summed E-state index contributed by atoms with van der Waals surface area (Å²) in [5.74, 6) is 0.353. The Labute approximate surface area is 116 Å². The van der Waals surface area contributed by atoms with Crippen LogP contribution in [-0.4, -0.2) is 29.3 Å². The van der Waals surface area contributed by atoms with E-state index in [9.17, 15) is 4.79 Å². The van der Waals surface area contributed by atoms with E-state index in [-0.39, 0.29) is 11.7 Å². The van der Waals surface area contributed by atoms with Crippen LogP contribution in [0.2, 0.25) is 0 Å². The summed E-state index contributed by atoms with van der Waals surface area (Å²) in [6.45, 7) is 7.50. The fourth-order valence-electron chi connectivity index (χ4n) is 3.18. The van der Waals surface area contributed by atoms with Crippen molar-refractivity contribution in [3.05, 3.63) is 35.9 Å². The average Bonchev–Trinajstić information content (AvgIpc) is 2.79. The second-order valence-corrected chi connectivity index (χ2v) is 5.82. The number of benzene rings is 1. The predicted molar refractivity (Wildman–Crippen MR) is 79.4 cm³/mol. The molecule has 19 heavy (non-hydrogen) atoms. The number of hydrogen-bond acceptors (Lipinski definition) is 2. The van der Waals surface area contributed by atoms with Crippen molar-refractivity contribution in [3.8, 4) is 0 Å². The number of nitrogens with zero attached hydrogens (tertiary/aromatic N) is 1. The zero-order chi connectivity index (χ0) is 13.8. The monoisotopic (exact) mass is 259 g/mol. The van der Waals surface area contributed by atoms with E-state index in [0.717, 1.165) is 12.1 Å². The van der Waals surface area contributed by atoms with E-state index in [4.69, 9.17) is 0 Å². The maximum Gasteiger partial charge on any atom is 0.166 e. The Morgan fingerprint density at radius 1 is 1.32 bits per heavy atom. The van der Waals surface area contributed by atoms with Gasteiger partial charge >= 0.3 is 0 Å². The molecule has 0 aromatic heterocycles. The van der Waals surface area contributed by atoms with Crippen LogP contribution in [0.25, 0.3) is 0 Å². The molecule has 0 N–H and O–H groups in total. The van der Waals surface area contributed by atoms with Crippen LogP contribution in [0.1, 0.15) is 50.4 Å². The summed E-state index contributed by atoms with van der Waals surface area (Å²) in [4.78, 5) is 14.9. The lowest BCUT2D eigenvalue weighted by atomic mass is 9.98. The van der Waals surface area contributed by atoms with Crippen LogP contribution in [0, 0.1) is 5.92 Å². The van der Waals surface area contributed by atoms with Gasteiger partial charge in [-0.25, -0.2) is 0 Å². The van der Waals surface area contributed by atoms with E-state index in [1.165, 1.54) is 19.3 Å². The fraction of sp³-hybridized carbons (Fsp3) is 0.588. The predicted octanol–water partition coefficient (Wildman–Crippen LogP) is 3.77. The Morgan fingerprint density at radius 3 is 2.63 bits per heavy atom. The molecule has 1 aromatic carbocycles. The molecule has 1 saturated heterocycles. The molecule has 1 heterocycles. The van der Waals surface area contributed by atoms with E-state index in [2.05, 4.69) is 25.7 Å². The molecular weight excluding hydrogens is 234 g/mol. The Bertz CT molecular complexity index is 415. The maximum absolute atomic E-state index is 12.4. The molecule has 2 rings (SSSR count). The number of Topliss-reactive ketones (excluding diaryl/α,β-unsaturated/α-hetero) is 1. The Morgan fingerprint density at radius 2 is 2.00 bits per heavy atom. The minimum Gasteiger partial charge on any atom is -0.297 e. The van der Waals surface area contributed by atoms with Crippen molar-refractivity contribution in [3.63, 3.8) is 0 Å². The second-order valence-electron chi connectivity index (χ2n) is 5.82. The lowest BCUT2D eigenvalue weighted by molar-refractivity contribution is 0.0865. The Balaban J connectivity index is 2.00. The van der Waals surface area contributed by atoms with Crippen LogP contribution >= 0.6 is 0 Å². The van der Waals surface area contributed by atoms with Crippen LogP contribution < -0.4 is 0 Å². The van der Waals surface area contributed by atoms with Crippen LogP contribution in [-0.2, 0) is 0 Å². The van der Waals surface area contributed by atoms with Crippen LogP contribution in [0.3, 0.4) is 0 Å². The van der Waals surface area contributed by atoms with E-state index < -0.39 is 0 Å². The Hall–Kier alpha value is -1.15. The molecule has 0 amide bonds. The largest absolute Gasteiger partial charge is 0.297 e. The molecule has 1 aliphatic heterocycles. The molecule has 3 atom stereocenters. The molecule has 2 nitrogen and oxygen atoms in total. The van der Waals surface area contributed by atoms with Gasteiger partial charge in [-0.2, -0.15) is 0 Å². The van der Waals surface area contributed by atoms with Crippen molar-refractivity contribution < 1.29 is 4.79 Å². The van der Waals surface area contributed by atoms with Gasteiger partial charge in [-0.05, 0) is 26.2 Å². The zero-order valence-corrected chi connectivity index (χ0v) is 12.3. The number of carbonyl (C=O) groups excluding carboxylic acids is 1. The normalized spacial score (nSPS) is 25.4. The highest BCUT2D eigenvalue weighted by Gasteiger charge is 2.31. The molecule has 1 aromatic rings. The lowest BCUT2D eigenvalue weighted by Crippen LogP contribution is -2.39. The third-order valence-corrected chi connectivity index (χ3v) is 4.41. The van der Waals surface area contributed by atoms with Crippen molar-refractivity contribution in [2.24, 2.45) is 5.92 Å². The first-order valence-electron chi connectivity index (χ1n) is 7.48. The molecule has 1 aliphatic rings. The van der Waals surface area contributed by atoms with Gasteiger partial charge in [0.05, 0.1) is 0 Å². The molecule has 104 valence electrons. The highest BCUT2D eigenvalue weighted by molar-refractivity contribution is 5.97. The quantitative estimate of drug-likeness (QED) is 0.750. The lowest BCUT2D eigenvalue weighted by Gasteiger charge is -2.30. The van der Waals surface area contributed by atoms with Gasteiger partial charge in [0.2, 0.25) is 0 Å². The number of likely N-dealkylation sites (tertiary alicyclic amines) is 1. The van der Waals surface area contributed by atoms with Crippen LogP contribution in [0.15, 0.2) is 30.3 Å². The molecule has 1 fully saturated rings. The van der Waals surface area contributed by atoms with Gasteiger partial charge in [-0.1, -0.05) is 44.2 Å². The van der Waals surface area contributed by atoms with Crippen molar-refractivity contribution in [1.82, 2.24) is 4.90 Å². The topological polar surface area (TPSA) is 20.3 Å². The van der Waals surface area contributed by atoms with Crippen molar-refractivity contribution in [2.45, 2.75) is 52.1 Å². The van der Waals surface area contributed by atoms with Crippen LogP contribution in [0.5, 0.6) is 0 Å². The minimum absolute atomic E-state index is 0.0806. The average molecular weight is 259 g/mol. The van der Waals surface area contributed by atoms with E-state index in [0.29, 0.717) is 12.1 Å². The fourth-order valence-corrected chi connectivity index (χ4v) is 3.18. The first kappa shape index (κ1) is 14.3. The summed E-state index contributed by atoms with van der Waals surface area (Å²) in [7, 11) is 0. The third-order valence-electron chi connectivity index (χ3n) is 4.41. The summed E-state index contributed by atoms with van der Waals surface area (Å²) in [6, 6.07) is 11.0. The highest BCUT2D eigenvalue weighted by Crippen LogP contribution is 2.27. The van der Waals surface area contributed by atoms with Gasteiger partial charge in [-0.3, -0.25) is 9.69 Å². The number of rotatable bonds is 5. The molecular formula is C17H25NO. The van der Waals surface area contributed by atoms with Gasteiger partial charge in [0.25, 0.3) is 0 Å². The summed E-state index contributed by atoms with van der Waals surface area (Å²) >= 11 is 0. The SMILES string of the molecule is CCC1CCC(C)N1CC(C)C(=O)c1ccccc1. The first-order valence-corrected chi connectivity index (χ1v) is 7.48. The number of ketones is 1. The van der Waals surface area contributed by atoms with Gasteiger partial charge in [0.15, 0.2) is 5.78 Å². The van der Waals surface area contributed by atoms with Crippen molar-refractivity contribution in [1.29, 1.82) is 0 Å². The van der Waals surface area contributed by atoms with Gasteiger partial charge in [0, 0.05) is 30.1 Å². The smallest absolute Gasteiger partial charge is 0.166 e. The highest BCUT2D eigenvalue weighted by atomic mass is 16.1.